The lowest BCUT2D eigenvalue weighted by atomic mass is 10.1. The molecule has 0 radical (unpaired) electrons. The van der Waals surface area contributed by atoms with Crippen molar-refractivity contribution < 1.29 is 8.42 Å². The number of nitrogens with one attached hydrogen (secondary N) is 2. The number of rotatable bonds is 6. The molecular formula is C12H21N3O2S. The summed E-state index contributed by atoms with van der Waals surface area (Å²) < 4.78 is 24.6. The lowest BCUT2D eigenvalue weighted by molar-refractivity contribution is 0.578. The molecule has 1 aromatic rings. The molecule has 5 nitrogen and oxygen atoms in total. The first kappa shape index (κ1) is 14.9. The van der Waals surface area contributed by atoms with Crippen LogP contribution < -0.4 is 15.8 Å². The zero-order valence-corrected chi connectivity index (χ0v) is 11.8. The molecule has 0 aliphatic rings. The van der Waals surface area contributed by atoms with Crippen LogP contribution in [-0.4, -0.2) is 27.4 Å². The van der Waals surface area contributed by atoms with E-state index >= 15 is 0 Å². The molecule has 0 aliphatic carbocycles. The molecule has 6 heteroatoms. The van der Waals surface area contributed by atoms with E-state index < -0.39 is 10.0 Å². The second-order valence-electron chi connectivity index (χ2n) is 4.44. The van der Waals surface area contributed by atoms with E-state index in [2.05, 4.69) is 10.0 Å². The molecule has 0 saturated carbocycles. The molecule has 0 spiro atoms. The lowest BCUT2D eigenvalue weighted by Crippen LogP contribution is -2.37. The molecule has 0 fully saturated rings. The standard InChI is InChI=1S/C12H21N3O2S/c1-9-8-12(5-4-11(9)6-7-13)14-10(2)15-18(3,16)17/h4-5,8,10,14-15H,6-7,13H2,1-3H3. The summed E-state index contributed by atoms with van der Waals surface area (Å²) in [6, 6.07) is 5.93. The summed E-state index contributed by atoms with van der Waals surface area (Å²) in [5.74, 6) is 0. The monoisotopic (exact) mass is 271 g/mol. The highest BCUT2D eigenvalue weighted by molar-refractivity contribution is 7.88. The fourth-order valence-corrected chi connectivity index (χ4v) is 2.52. The SMILES string of the molecule is Cc1cc(NC(C)NS(C)(=O)=O)ccc1CCN. The Balaban J connectivity index is 2.71. The summed E-state index contributed by atoms with van der Waals surface area (Å²) in [5.41, 5.74) is 8.78. The van der Waals surface area contributed by atoms with Crippen molar-refractivity contribution in [3.05, 3.63) is 29.3 Å². The molecule has 0 bridgehead atoms. The average Bonchev–Trinajstić information content (AvgIpc) is 2.19. The van der Waals surface area contributed by atoms with E-state index in [1.807, 2.05) is 25.1 Å². The Morgan fingerprint density at radius 2 is 2.06 bits per heavy atom. The van der Waals surface area contributed by atoms with Crippen LogP contribution in [-0.2, 0) is 16.4 Å². The van der Waals surface area contributed by atoms with E-state index in [9.17, 15) is 8.42 Å². The van der Waals surface area contributed by atoms with Crippen molar-refractivity contribution >= 4 is 15.7 Å². The molecule has 1 rings (SSSR count). The Labute approximate surface area is 109 Å². The van der Waals surface area contributed by atoms with Gasteiger partial charge in [0, 0.05) is 5.69 Å². The fourth-order valence-electron chi connectivity index (χ4n) is 1.82. The molecular weight excluding hydrogens is 250 g/mol. The first-order valence-corrected chi connectivity index (χ1v) is 7.74. The lowest BCUT2D eigenvalue weighted by Gasteiger charge is -2.16. The van der Waals surface area contributed by atoms with E-state index in [1.165, 1.54) is 5.56 Å². The molecule has 0 aromatic heterocycles. The van der Waals surface area contributed by atoms with E-state index in [4.69, 9.17) is 5.73 Å². The van der Waals surface area contributed by atoms with Crippen molar-refractivity contribution in [1.29, 1.82) is 0 Å². The Hall–Kier alpha value is -1.11. The second-order valence-corrected chi connectivity index (χ2v) is 6.22. The first-order chi connectivity index (χ1) is 8.31. The smallest absolute Gasteiger partial charge is 0.210 e. The van der Waals surface area contributed by atoms with Gasteiger partial charge in [-0.3, -0.25) is 0 Å². The highest BCUT2D eigenvalue weighted by Gasteiger charge is 2.08. The van der Waals surface area contributed by atoms with Gasteiger partial charge in [-0.1, -0.05) is 6.07 Å². The van der Waals surface area contributed by atoms with E-state index in [-0.39, 0.29) is 6.17 Å². The predicted molar refractivity (Wildman–Crippen MR) is 75.0 cm³/mol. The van der Waals surface area contributed by atoms with Crippen LogP contribution in [0, 0.1) is 6.92 Å². The average molecular weight is 271 g/mol. The van der Waals surface area contributed by atoms with Crippen LogP contribution in [0.4, 0.5) is 5.69 Å². The second kappa shape index (κ2) is 6.17. The molecule has 0 aliphatic heterocycles. The third kappa shape index (κ3) is 5.03. The molecule has 1 aromatic carbocycles. The van der Waals surface area contributed by atoms with Gasteiger partial charge < -0.3 is 11.1 Å². The summed E-state index contributed by atoms with van der Waals surface area (Å²) in [6.45, 7) is 4.40. The molecule has 102 valence electrons. The molecule has 0 amide bonds. The third-order valence-corrected chi connectivity index (χ3v) is 3.31. The van der Waals surface area contributed by atoms with Crippen molar-refractivity contribution in [2.45, 2.75) is 26.4 Å². The van der Waals surface area contributed by atoms with Crippen LogP contribution in [0.25, 0.3) is 0 Å². The Bertz CT molecular complexity index is 500. The Morgan fingerprint density at radius 3 is 2.56 bits per heavy atom. The van der Waals surface area contributed by atoms with Gasteiger partial charge in [0.2, 0.25) is 10.0 Å². The zero-order chi connectivity index (χ0) is 13.8. The maximum atomic E-state index is 11.1. The number of hydrogen-bond donors (Lipinski definition) is 3. The van der Waals surface area contributed by atoms with Crippen LogP contribution in [0.5, 0.6) is 0 Å². The van der Waals surface area contributed by atoms with E-state index in [0.29, 0.717) is 6.54 Å². The largest absolute Gasteiger partial charge is 0.369 e. The van der Waals surface area contributed by atoms with Gasteiger partial charge in [0.25, 0.3) is 0 Å². The van der Waals surface area contributed by atoms with E-state index in [1.54, 1.807) is 6.92 Å². The maximum absolute atomic E-state index is 11.1. The summed E-state index contributed by atoms with van der Waals surface area (Å²) in [7, 11) is -3.20. The topological polar surface area (TPSA) is 84.2 Å². The molecule has 0 heterocycles. The number of nitrogens with two attached hydrogens (primary N) is 1. The van der Waals surface area contributed by atoms with Crippen molar-refractivity contribution in [2.24, 2.45) is 5.73 Å². The first-order valence-electron chi connectivity index (χ1n) is 5.85. The van der Waals surface area contributed by atoms with Gasteiger partial charge in [-0.05, 0) is 50.1 Å². The zero-order valence-electron chi connectivity index (χ0n) is 11.0. The number of aryl methyl sites for hydroxylation is 1. The predicted octanol–water partition coefficient (Wildman–Crippen LogP) is 0.803. The van der Waals surface area contributed by atoms with Gasteiger partial charge >= 0.3 is 0 Å². The van der Waals surface area contributed by atoms with E-state index in [0.717, 1.165) is 23.9 Å². The minimum atomic E-state index is -3.20. The van der Waals surface area contributed by atoms with Crippen LogP contribution >= 0.6 is 0 Å². The van der Waals surface area contributed by atoms with Gasteiger partial charge in [0.05, 0.1) is 12.4 Å². The van der Waals surface area contributed by atoms with Gasteiger partial charge in [0.1, 0.15) is 0 Å². The number of hydrogen-bond acceptors (Lipinski definition) is 4. The summed E-state index contributed by atoms with van der Waals surface area (Å²) in [6.07, 6.45) is 1.64. The summed E-state index contributed by atoms with van der Waals surface area (Å²) >= 11 is 0. The Kier molecular flexibility index (Phi) is 5.13. The highest BCUT2D eigenvalue weighted by Crippen LogP contribution is 2.16. The summed E-state index contributed by atoms with van der Waals surface area (Å²) in [5, 5.41) is 3.09. The van der Waals surface area contributed by atoms with Crippen molar-refractivity contribution in [3.63, 3.8) is 0 Å². The van der Waals surface area contributed by atoms with Crippen LogP contribution in [0.2, 0.25) is 0 Å². The molecule has 18 heavy (non-hydrogen) atoms. The quantitative estimate of drug-likeness (QED) is 0.668. The van der Waals surface area contributed by atoms with Gasteiger partial charge in [-0.15, -0.1) is 0 Å². The number of sulfonamides is 1. The minimum Gasteiger partial charge on any atom is -0.369 e. The normalized spacial score (nSPS) is 13.3. The fraction of sp³-hybridized carbons (Fsp3) is 0.500. The van der Waals surface area contributed by atoms with Gasteiger partial charge in [-0.25, -0.2) is 8.42 Å². The van der Waals surface area contributed by atoms with Crippen LogP contribution in [0.15, 0.2) is 18.2 Å². The van der Waals surface area contributed by atoms with Crippen molar-refractivity contribution in [3.8, 4) is 0 Å². The van der Waals surface area contributed by atoms with Crippen molar-refractivity contribution in [1.82, 2.24) is 4.72 Å². The van der Waals surface area contributed by atoms with Crippen molar-refractivity contribution in [2.75, 3.05) is 18.1 Å². The molecule has 1 unspecified atom stereocenters. The molecule has 1 atom stereocenters. The number of benzene rings is 1. The van der Waals surface area contributed by atoms with Gasteiger partial charge in [-0.2, -0.15) is 4.72 Å². The summed E-state index contributed by atoms with van der Waals surface area (Å²) in [4.78, 5) is 0. The molecule has 4 N–H and O–H groups in total. The van der Waals surface area contributed by atoms with Gasteiger partial charge in [0.15, 0.2) is 0 Å². The maximum Gasteiger partial charge on any atom is 0.210 e. The highest BCUT2D eigenvalue weighted by atomic mass is 32.2. The van der Waals surface area contributed by atoms with Crippen LogP contribution in [0.1, 0.15) is 18.1 Å². The minimum absolute atomic E-state index is 0.347. The molecule has 0 saturated heterocycles. The van der Waals surface area contributed by atoms with Crippen LogP contribution in [0.3, 0.4) is 0 Å². The Morgan fingerprint density at radius 1 is 1.39 bits per heavy atom. The third-order valence-electron chi connectivity index (χ3n) is 2.53. The number of anilines is 1.